The second-order valence-electron chi connectivity index (χ2n) is 5.37. The number of carbonyl (C=O) groups excluding carboxylic acids is 1. The number of rotatable bonds is 7. The van der Waals surface area contributed by atoms with Gasteiger partial charge in [0.05, 0.1) is 6.61 Å². The van der Waals surface area contributed by atoms with Crippen LogP contribution in [0, 0.1) is 5.92 Å². The van der Waals surface area contributed by atoms with Crippen molar-refractivity contribution in [3.63, 3.8) is 0 Å². The van der Waals surface area contributed by atoms with Gasteiger partial charge in [0.25, 0.3) is 0 Å². The molecule has 0 aromatic heterocycles. The van der Waals surface area contributed by atoms with Crippen LogP contribution in [0.2, 0.25) is 0 Å². The van der Waals surface area contributed by atoms with Gasteiger partial charge in [0.2, 0.25) is 0 Å². The number of carbonyl (C=O) groups is 2. The Morgan fingerprint density at radius 2 is 1.86 bits per heavy atom. The first-order valence-electron chi connectivity index (χ1n) is 7.01. The van der Waals surface area contributed by atoms with Crippen molar-refractivity contribution in [2.24, 2.45) is 5.92 Å². The van der Waals surface area contributed by atoms with Gasteiger partial charge in [0.1, 0.15) is 0 Å². The van der Waals surface area contributed by atoms with Crippen LogP contribution in [0.25, 0.3) is 0 Å². The molecule has 1 aromatic rings. The molecule has 0 aliphatic rings. The van der Waals surface area contributed by atoms with Crippen LogP contribution in [0.15, 0.2) is 28.7 Å². The van der Waals surface area contributed by atoms with Crippen LogP contribution in [-0.2, 0) is 19.7 Å². The third-order valence-electron chi connectivity index (χ3n) is 3.42. The largest absolute Gasteiger partial charge is 0.480 e. The second kappa shape index (κ2) is 7.59. The number of ether oxygens (including phenoxy) is 1. The maximum Gasteiger partial charge on any atom is 0.328 e. The standard InChI is InChI=1S/C16H21BrO4/c1-4-21-15(20)16(14(18)19,10-9-11(2)3)12-5-7-13(17)8-6-12/h5-8,11H,4,9-10H2,1-3H3,(H,18,19). The minimum atomic E-state index is -1.64. The van der Waals surface area contributed by atoms with Crippen LogP contribution in [0.1, 0.15) is 39.2 Å². The Morgan fingerprint density at radius 3 is 2.29 bits per heavy atom. The first-order chi connectivity index (χ1) is 9.84. The van der Waals surface area contributed by atoms with Gasteiger partial charge < -0.3 is 9.84 Å². The van der Waals surface area contributed by atoms with E-state index in [1.54, 1.807) is 31.2 Å². The average Bonchev–Trinajstić information content (AvgIpc) is 2.41. The Hall–Kier alpha value is -1.36. The molecule has 0 saturated carbocycles. The van der Waals surface area contributed by atoms with Crippen molar-refractivity contribution in [1.82, 2.24) is 0 Å². The van der Waals surface area contributed by atoms with Gasteiger partial charge in [-0.25, -0.2) is 0 Å². The molecule has 0 spiro atoms. The van der Waals surface area contributed by atoms with E-state index >= 15 is 0 Å². The number of esters is 1. The monoisotopic (exact) mass is 356 g/mol. The van der Waals surface area contributed by atoms with Gasteiger partial charge in [0, 0.05) is 4.47 Å². The van der Waals surface area contributed by atoms with Crippen LogP contribution in [0.3, 0.4) is 0 Å². The fraction of sp³-hybridized carbons (Fsp3) is 0.500. The topological polar surface area (TPSA) is 63.6 Å². The molecule has 4 nitrogen and oxygen atoms in total. The summed E-state index contributed by atoms with van der Waals surface area (Å²) in [4.78, 5) is 24.3. The lowest BCUT2D eigenvalue weighted by Gasteiger charge is -2.28. The molecule has 1 atom stereocenters. The third kappa shape index (κ3) is 4.06. The summed E-state index contributed by atoms with van der Waals surface area (Å²) in [7, 11) is 0. The van der Waals surface area contributed by atoms with Crippen molar-refractivity contribution in [3.05, 3.63) is 34.3 Å². The van der Waals surface area contributed by atoms with Crippen molar-refractivity contribution in [2.75, 3.05) is 6.61 Å². The molecule has 0 bridgehead atoms. The average molecular weight is 357 g/mol. The van der Waals surface area contributed by atoms with E-state index in [4.69, 9.17) is 4.74 Å². The summed E-state index contributed by atoms with van der Waals surface area (Å²) in [5.74, 6) is -1.56. The molecule has 1 N–H and O–H groups in total. The third-order valence-corrected chi connectivity index (χ3v) is 3.95. The highest BCUT2D eigenvalue weighted by Gasteiger charge is 2.49. The molecule has 0 amide bonds. The summed E-state index contributed by atoms with van der Waals surface area (Å²) in [5.41, 5.74) is -1.18. The Balaban J connectivity index is 3.32. The number of halogens is 1. The highest BCUT2D eigenvalue weighted by Crippen LogP contribution is 2.34. The van der Waals surface area contributed by atoms with E-state index in [-0.39, 0.29) is 13.0 Å². The molecule has 116 valence electrons. The first kappa shape index (κ1) is 17.7. The van der Waals surface area contributed by atoms with Crippen LogP contribution in [0.4, 0.5) is 0 Å². The van der Waals surface area contributed by atoms with E-state index in [2.05, 4.69) is 15.9 Å². The lowest BCUT2D eigenvalue weighted by Crippen LogP contribution is -2.45. The molecule has 0 saturated heterocycles. The predicted octanol–water partition coefficient (Wildman–Crippen LogP) is 3.77. The van der Waals surface area contributed by atoms with Crippen molar-refractivity contribution in [2.45, 2.75) is 39.0 Å². The van der Waals surface area contributed by atoms with E-state index in [0.29, 0.717) is 17.9 Å². The van der Waals surface area contributed by atoms with Gasteiger partial charge in [-0.1, -0.05) is 41.9 Å². The molecule has 0 aliphatic carbocycles. The number of aliphatic carboxylic acids is 1. The quantitative estimate of drug-likeness (QED) is 0.596. The zero-order valence-electron chi connectivity index (χ0n) is 12.6. The number of hydrogen-bond donors (Lipinski definition) is 1. The lowest BCUT2D eigenvalue weighted by atomic mass is 9.75. The van der Waals surface area contributed by atoms with Crippen LogP contribution in [0.5, 0.6) is 0 Å². The molecule has 21 heavy (non-hydrogen) atoms. The Bertz CT molecular complexity index is 496. The molecular formula is C16H21BrO4. The second-order valence-corrected chi connectivity index (χ2v) is 6.29. The maximum atomic E-state index is 12.4. The summed E-state index contributed by atoms with van der Waals surface area (Å²) in [5, 5.41) is 9.74. The van der Waals surface area contributed by atoms with E-state index in [1.807, 2.05) is 13.8 Å². The number of benzene rings is 1. The minimum absolute atomic E-state index is 0.159. The predicted molar refractivity (Wildman–Crippen MR) is 84.2 cm³/mol. The maximum absolute atomic E-state index is 12.4. The smallest absolute Gasteiger partial charge is 0.328 e. The first-order valence-corrected chi connectivity index (χ1v) is 7.80. The Kier molecular flexibility index (Phi) is 6.40. The van der Waals surface area contributed by atoms with E-state index in [9.17, 15) is 14.7 Å². The Labute approximate surface area is 133 Å². The highest BCUT2D eigenvalue weighted by atomic mass is 79.9. The van der Waals surface area contributed by atoms with Gasteiger partial charge in [-0.05, 0) is 43.4 Å². The fourth-order valence-electron chi connectivity index (χ4n) is 2.18. The van der Waals surface area contributed by atoms with E-state index in [0.717, 1.165) is 4.47 Å². The number of carboxylic acids is 1. The van der Waals surface area contributed by atoms with Gasteiger partial charge >= 0.3 is 11.9 Å². The summed E-state index contributed by atoms with van der Waals surface area (Å²) >= 11 is 3.32. The summed E-state index contributed by atoms with van der Waals surface area (Å²) in [6.45, 7) is 5.83. The number of carboxylic acid groups (broad SMARTS) is 1. The van der Waals surface area contributed by atoms with Crippen LogP contribution < -0.4 is 0 Å². The van der Waals surface area contributed by atoms with Crippen molar-refractivity contribution in [3.8, 4) is 0 Å². The van der Waals surface area contributed by atoms with E-state index in [1.165, 1.54) is 0 Å². The molecule has 1 rings (SSSR count). The molecule has 1 aromatic carbocycles. The lowest BCUT2D eigenvalue weighted by molar-refractivity contribution is -0.162. The summed E-state index contributed by atoms with van der Waals surface area (Å²) in [6.07, 6.45) is 0.849. The van der Waals surface area contributed by atoms with Gasteiger partial charge in [-0.15, -0.1) is 0 Å². The molecule has 5 heteroatoms. The number of hydrogen-bond acceptors (Lipinski definition) is 3. The highest BCUT2D eigenvalue weighted by molar-refractivity contribution is 9.10. The molecule has 0 heterocycles. The zero-order chi connectivity index (χ0) is 16.0. The fourth-order valence-corrected chi connectivity index (χ4v) is 2.44. The molecule has 0 aliphatic heterocycles. The Morgan fingerprint density at radius 1 is 1.29 bits per heavy atom. The zero-order valence-corrected chi connectivity index (χ0v) is 14.1. The summed E-state index contributed by atoms with van der Waals surface area (Å²) in [6, 6.07) is 6.80. The molecule has 0 fully saturated rings. The molecule has 0 radical (unpaired) electrons. The normalized spacial score (nSPS) is 13.8. The van der Waals surface area contributed by atoms with Gasteiger partial charge in [-0.3, -0.25) is 9.59 Å². The molecule has 1 unspecified atom stereocenters. The van der Waals surface area contributed by atoms with Gasteiger partial charge in [-0.2, -0.15) is 0 Å². The van der Waals surface area contributed by atoms with Crippen LogP contribution in [-0.4, -0.2) is 23.7 Å². The molecular weight excluding hydrogens is 336 g/mol. The van der Waals surface area contributed by atoms with Crippen molar-refractivity contribution < 1.29 is 19.4 Å². The minimum Gasteiger partial charge on any atom is -0.480 e. The SMILES string of the molecule is CCOC(=O)C(CCC(C)C)(C(=O)O)c1ccc(Br)cc1. The van der Waals surface area contributed by atoms with Crippen molar-refractivity contribution in [1.29, 1.82) is 0 Å². The van der Waals surface area contributed by atoms with Crippen LogP contribution >= 0.6 is 15.9 Å². The summed E-state index contributed by atoms with van der Waals surface area (Å²) < 4.78 is 5.89. The van der Waals surface area contributed by atoms with Crippen molar-refractivity contribution >= 4 is 27.9 Å². The van der Waals surface area contributed by atoms with Gasteiger partial charge in [0.15, 0.2) is 5.41 Å². The van der Waals surface area contributed by atoms with E-state index < -0.39 is 17.4 Å².